The van der Waals surface area contributed by atoms with E-state index >= 15 is 0 Å². The fourth-order valence-corrected chi connectivity index (χ4v) is 3.80. The smallest absolute Gasteiger partial charge is 0.475 e. The van der Waals surface area contributed by atoms with Crippen LogP contribution in [0.25, 0.3) is 0 Å². The molecule has 1 amide bonds. The van der Waals surface area contributed by atoms with E-state index in [-0.39, 0.29) is 11.4 Å². The number of aliphatic carboxylic acids is 1. The lowest BCUT2D eigenvalue weighted by Crippen LogP contribution is -2.51. The Balaban J connectivity index is 2.15. The third-order valence-corrected chi connectivity index (χ3v) is 5.80. The summed E-state index contributed by atoms with van der Waals surface area (Å²) in [5, 5.41) is 35.2. The van der Waals surface area contributed by atoms with Crippen molar-refractivity contribution in [3.8, 4) is 0 Å². The van der Waals surface area contributed by atoms with Gasteiger partial charge in [0.2, 0.25) is 0 Å². The van der Waals surface area contributed by atoms with Crippen molar-refractivity contribution in [1.82, 2.24) is 5.32 Å². The predicted molar refractivity (Wildman–Crippen MR) is 127 cm³/mol. The number of alkyl carbamates (subject to hydrolysis) is 1. The minimum Gasteiger partial charge on any atom is -0.548 e. The Hall–Kier alpha value is -3.91. The van der Waals surface area contributed by atoms with E-state index in [1.54, 1.807) is 20.8 Å². The second kappa shape index (κ2) is 13.1. The Morgan fingerprint density at radius 3 is 1.63 bits per heavy atom. The molecule has 0 aromatic heterocycles. The SMILES string of the molecule is CC(C)(C)OC(=O)NC(COP(=O)(OCc1ccc([N+](=O)[O-])cc1)OCc1ccc([N+](=O)[O-])cc1)C(=O)[O-]. The number of carbonyl (C=O) groups excluding carboxylic acids is 2. The van der Waals surface area contributed by atoms with Gasteiger partial charge in [0.05, 0.1) is 41.7 Å². The van der Waals surface area contributed by atoms with Crippen LogP contribution in [0.4, 0.5) is 16.2 Å². The van der Waals surface area contributed by atoms with Crippen molar-refractivity contribution in [2.24, 2.45) is 0 Å². The third-order valence-electron chi connectivity index (χ3n) is 4.45. The number of hydrogen-bond donors (Lipinski definition) is 1. The van der Waals surface area contributed by atoms with E-state index in [2.05, 4.69) is 0 Å². The van der Waals surface area contributed by atoms with E-state index in [0.29, 0.717) is 11.1 Å². The van der Waals surface area contributed by atoms with Crippen LogP contribution in [0, 0.1) is 20.2 Å². The molecule has 0 heterocycles. The molecule has 0 bridgehead atoms. The number of carboxylic acids is 1. The summed E-state index contributed by atoms with van der Waals surface area (Å²) in [7, 11) is -4.54. The molecule has 0 saturated carbocycles. The van der Waals surface area contributed by atoms with Crippen LogP contribution in [0.1, 0.15) is 31.9 Å². The first kappa shape index (κ1) is 30.3. The molecule has 2 rings (SSSR count). The maximum absolute atomic E-state index is 13.3. The van der Waals surface area contributed by atoms with Crippen LogP contribution >= 0.6 is 7.82 Å². The number of nitrogens with zero attached hydrogens (tertiary/aromatic N) is 2. The number of nitrogens with one attached hydrogen (secondary N) is 1. The fraction of sp³-hybridized carbons (Fsp3) is 0.364. The van der Waals surface area contributed by atoms with Crippen molar-refractivity contribution in [3.63, 3.8) is 0 Å². The zero-order valence-electron chi connectivity index (χ0n) is 20.6. The first-order valence-electron chi connectivity index (χ1n) is 10.9. The zero-order chi connectivity index (χ0) is 28.5. The number of non-ortho nitro benzene ring substituents is 2. The molecular formula is C22H25N3O12P-. The highest BCUT2D eigenvalue weighted by Gasteiger charge is 2.30. The number of carboxylic acid groups (broad SMARTS) is 1. The molecule has 2 aromatic carbocycles. The zero-order valence-corrected chi connectivity index (χ0v) is 21.5. The van der Waals surface area contributed by atoms with E-state index in [4.69, 9.17) is 18.3 Å². The van der Waals surface area contributed by atoms with Crippen LogP contribution < -0.4 is 10.4 Å². The lowest BCUT2D eigenvalue weighted by molar-refractivity contribution is -0.385. The first-order valence-corrected chi connectivity index (χ1v) is 12.3. The van der Waals surface area contributed by atoms with Crippen LogP contribution in [-0.2, 0) is 40.9 Å². The molecule has 2 aromatic rings. The Morgan fingerprint density at radius 1 is 0.868 bits per heavy atom. The second-order valence-electron chi connectivity index (χ2n) is 8.65. The van der Waals surface area contributed by atoms with Crippen LogP contribution in [-0.4, -0.2) is 40.2 Å². The summed E-state index contributed by atoms with van der Waals surface area (Å²) in [5.74, 6) is -1.77. The van der Waals surface area contributed by atoms with Gasteiger partial charge in [-0.3, -0.25) is 33.8 Å². The van der Waals surface area contributed by atoms with Gasteiger partial charge < -0.3 is 20.0 Å². The molecule has 38 heavy (non-hydrogen) atoms. The van der Waals surface area contributed by atoms with Gasteiger partial charge in [-0.05, 0) is 56.2 Å². The van der Waals surface area contributed by atoms with Gasteiger partial charge in [-0.25, -0.2) is 9.36 Å². The monoisotopic (exact) mass is 554 g/mol. The summed E-state index contributed by atoms with van der Waals surface area (Å²) >= 11 is 0. The van der Waals surface area contributed by atoms with E-state index in [9.17, 15) is 39.5 Å². The predicted octanol–water partition coefficient (Wildman–Crippen LogP) is 3.00. The maximum Gasteiger partial charge on any atom is 0.475 e. The maximum atomic E-state index is 13.3. The van der Waals surface area contributed by atoms with Gasteiger partial charge in [0.25, 0.3) is 11.4 Å². The van der Waals surface area contributed by atoms with E-state index < -0.39 is 61.2 Å². The minimum absolute atomic E-state index is 0.187. The Morgan fingerprint density at radius 2 is 1.29 bits per heavy atom. The van der Waals surface area contributed by atoms with Gasteiger partial charge in [-0.1, -0.05) is 0 Å². The van der Waals surface area contributed by atoms with Crippen LogP contribution in [0.2, 0.25) is 0 Å². The van der Waals surface area contributed by atoms with Gasteiger partial charge in [-0.2, -0.15) is 0 Å². The number of nitro groups is 2. The van der Waals surface area contributed by atoms with Crippen molar-refractivity contribution in [1.29, 1.82) is 0 Å². The molecule has 206 valence electrons. The van der Waals surface area contributed by atoms with Crippen LogP contribution in [0.5, 0.6) is 0 Å². The van der Waals surface area contributed by atoms with Gasteiger partial charge >= 0.3 is 13.9 Å². The molecule has 0 aliphatic heterocycles. The summed E-state index contributed by atoms with van der Waals surface area (Å²) < 4.78 is 34.0. The molecule has 0 aliphatic rings. The number of amides is 1. The van der Waals surface area contributed by atoms with E-state index in [1.165, 1.54) is 48.5 Å². The summed E-state index contributed by atoms with van der Waals surface area (Å²) in [6.45, 7) is 2.95. The molecule has 0 spiro atoms. The molecule has 0 aliphatic carbocycles. The second-order valence-corrected chi connectivity index (χ2v) is 10.3. The highest BCUT2D eigenvalue weighted by Crippen LogP contribution is 2.51. The summed E-state index contributed by atoms with van der Waals surface area (Å²) in [5.41, 5.74) is -0.609. The van der Waals surface area contributed by atoms with E-state index in [0.717, 1.165) is 0 Å². The molecule has 0 fully saturated rings. The number of phosphoric acid groups is 1. The van der Waals surface area contributed by atoms with Gasteiger partial charge in [0.1, 0.15) is 5.60 Å². The van der Waals surface area contributed by atoms with Gasteiger partial charge in [-0.15, -0.1) is 0 Å². The average Bonchev–Trinajstić information content (AvgIpc) is 2.83. The normalized spacial score (nSPS) is 12.4. The van der Waals surface area contributed by atoms with E-state index in [1.807, 2.05) is 5.32 Å². The number of phosphoric ester groups is 1. The lowest BCUT2D eigenvalue weighted by atomic mass is 10.2. The quantitative estimate of drug-likeness (QED) is 0.215. The highest BCUT2D eigenvalue weighted by atomic mass is 31.2. The lowest BCUT2D eigenvalue weighted by Gasteiger charge is -2.25. The Labute approximate surface area is 216 Å². The summed E-state index contributed by atoms with van der Waals surface area (Å²) in [6, 6.07) is 8.33. The van der Waals surface area contributed by atoms with Crippen molar-refractivity contribution < 1.29 is 47.4 Å². The highest BCUT2D eigenvalue weighted by molar-refractivity contribution is 7.48. The first-order chi connectivity index (χ1) is 17.7. The average molecular weight is 554 g/mol. The standard InChI is InChI=1S/C22H26N3O12P/c1-22(2,3)37-21(28)23-19(20(26)27)14-36-38(33,34-12-15-4-8-17(9-5-15)24(29)30)35-13-16-6-10-18(11-7-16)25(31)32/h4-11,19H,12-14H2,1-3H3,(H,23,28)(H,26,27)/p-1. The molecule has 0 saturated heterocycles. The molecule has 1 atom stereocenters. The molecule has 0 radical (unpaired) electrons. The number of benzene rings is 2. The van der Waals surface area contributed by atoms with Crippen molar-refractivity contribution in [2.75, 3.05) is 6.61 Å². The fourth-order valence-electron chi connectivity index (χ4n) is 2.63. The van der Waals surface area contributed by atoms with Gasteiger partial charge in [0.15, 0.2) is 0 Å². The number of rotatable bonds is 13. The topological polar surface area (TPSA) is 210 Å². The molecule has 16 heteroatoms. The van der Waals surface area contributed by atoms with Gasteiger partial charge in [0, 0.05) is 24.3 Å². The molecule has 1 unspecified atom stereocenters. The van der Waals surface area contributed by atoms with Crippen LogP contribution in [0.3, 0.4) is 0 Å². The third kappa shape index (κ3) is 10.2. The Kier molecular flexibility index (Phi) is 10.4. The van der Waals surface area contributed by atoms with Crippen molar-refractivity contribution >= 4 is 31.3 Å². The van der Waals surface area contributed by atoms with Crippen molar-refractivity contribution in [3.05, 3.63) is 79.9 Å². The number of ether oxygens (including phenoxy) is 1. The van der Waals surface area contributed by atoms with Crippen molar-refractivity contribution in [2.45, 2.75) is 45.6 Å². The van der Waals surface area contributed by atoms with Crippen LogP contribution in [0.15, 0.2) is 48.5 Å². The largest absolute Gasteiger partial charge is 0.548 e. The Bertz CT molecular complexity index is 1130. The minimum atomic E-state index is -4.54. The number of hydrogen-bond acceptors (Lipinski definition) is 12. The molecular weight excluding hydrogens is 529 g/mol. The number of nitro benzene ring substituents is 2. The molecule has 15 nitrogen and oxygen atoms in total. The number of carbonyl (C=O) groups is 2. The summed E-state index contributed by atoms with van der Waals surface area (Å²) in [4.78, 5) is 43.9. The molecule has 1 N–H and O–H groups in total. The summed E-state index contributed by atoms with van der Waals surface area (Å²) in [6.07, 6.45) is -1.09.